The zero-order valence-corrected chi connectivity index (χ0v) is 27.2. The topological polar surface area (TPSA) is 124 Å². The van der Waals surface area contributed by atoms with E-state index >= 15 is 0 Å². The summed E-state index contributed by atoms with van der Waals surface area (Å²) in [5.41, 5.74) is 0.293. The van der Waals surface area contributed by atoms with E-state index in [1.807, 2.05) is 43.3 Å². The molecule has 0 amide bonds. The van der Waals surface area contributed by atoms with Crippen molar-refractivity contribution in [3.05, 3.63) is 70.5 Å². The van der Waals surface area contributed by atoms with E-state index in [0.717, 1.165) is 54.6 Å². The molecule has 2 N–H and O–H groups in total. The Bertz CT molecular complexity index is 1510. The summed E-state index contributed by atoms with van der Waals surface area (Å²) in [7, 11) is 1.56. The third-order valence-electron chi connectivity index (χ3n) is 9.88. The molecule has 6 rings (SSSR count). The van der Waals surface area contributed by atoms with Gasteiger partial charge >= 0.3 is 11.9 Å². The quantitative estimate of drug-likeness (QED) is 0.342. The first kappa shape index (κ1) is 32.3. The number of carbonyl (C=O) groups is 2. The molecule has 0 radical (unpaired) electrons. The Kier molecular flexibility index (Phi) is 8.82. The number of hydrogen-bond donors (Lipinski definition) is 2. The number of ether oxygens (including phenoxy) is 5. The van der Waals surface area contributed by atoms with Crippen LogP contribution in [0.4, 0.5) is 0 Å². The molecule has 4 aliphatic rings. The number of methoxy groups -OCH3 is 1. The van der Waals surface area contributed by atoms with E-state index in [1.54, 1.807) is 21.0 Å². The molecule has 1 saturated heterocycles. The van der Waals surface area contributed by atoms with Gasteiger partial charge in [0.05, 0.1) is 30.6 Å². The molecule has 1 fully saturated rings. The van der Waals surface area contributed by atoms with Crippen LogP contribution in [0.2, 0.25) is 0 Å². The third-order valence-corrected chi connectivity index (χ3v) is 9.88. The summed E-state index contributed by atoms with van der Waals surface area (Å²) in [5, 5.41) is 22.2. The van der Waals surface area contributed by atoms with E-state index in [1.165, 1.54) is 0 Å². The van der Waals surface area contributed by atoms with Crippen molar-refractivity contribution in [2.24, 2.45) is 0 Å². The van der Waals surface area contributed by atoms with Gasteiger partial charge in [-0.2, -0.15) is 0 Å². The van der Waals surface area contributed by atoms with Gasteiger partial charge in [0.15, 0.2) is 23.2 Å². The molecule has 2 aromatic rings. The number of aryl methyl sites for hydroxylation is 1. The van der Waals surface area contributed by atoms with Gasteiger partial charge in [-0.3, -0.25) is 9.69 Å². The second kappa shape index (κ2) is 12.5. The van der Waals surface area contributed by atoms with Crippen LogP contribution in [0.1, 0.15) is 80.5 Å². The highest BCUT2D eigenvalue weighted by Gasteiger charge is 2.59. The van der Waals surface area contributed by atoms with E-state index in [0.29, 0.717) is 23.7 Å². The van der Waals surface area contributed by atoms with Gasteiger partial charge in [-0.25, -0.2) is 4.79 Å². The summed E-state index contributed by atoms with van der Waals surface area (Å²) in [6, 6.07) is 11.6. The Morgan fingerprint density at radius 2 is 1.87 bits per heavy atom. The predicted octanol–water partition coefficient (Wildman–Crippen LogP) is 4.46. The van der Waals surface area contributed by atoms with Crippen molar-refractivity contribution in [3.8, 4) is 11.5 Å². The Morgan fingerprint density at radius 1 is 1.09 bits per heavy atom. The molecule has 2 unspecified atom stereocenters. The second-order valence-corrected chi connectivity index (χ2v) is 13.8. The number of aliphatic hydroxyl groups is 2. The summed E-state index contributed by atoms with van der Waals surface area (Å²) in [5.74, 6) is -0.102. The molecule has 0 aromatic heterocycles. The van der Waals surface area contributed by atoms with Crippen molar-refractivity contribution in [2.45, 2.75) is 101 Å². The Hall–Kier alpha value is -3.60. The van der Waals surface area contributed by atoms with Crippen LogP contribution in [-0.2, 0) is 36.8 Å². The van der Waals surface area contributed by atoms with Gasteiger partial charge in [0, 0.05) is 6.54 Å². The van der Waals surface area contributed by atoms with Crippen LogP contribution < -0.4 is 9.47 Å². The molecule has 0 bridgehead atoms. The lowest BCUT2D eigenvalue weighted by atomic mass is 9.77. The second-order valence-electron chi connectivity index (χ2n) is 13.8. The van der Waals surface area contributed by atoms with Crippen molar-refractivity contribution in [1.29, 1.82) is 0 Å². The molecule has 10 heteroatoms. The fourth-order valence-electron chi connectivity index (χ4n) is 7.65. The van der Waals surface area contributed by atoms with Crippen LogP contribution >= 0.6 is 0 Å². The number of nitrogens with zero attached hydrogens (tertiary/aromatic N) is 1. The fraction of sp³-hybridized carbons (Fsp3) is 0.556. The minimum atomic E-state index is -2.18. The van der Waals surface area contributed by atoms with Crippen LogP contribution in [0.5, 0.6) is 11.5 Å². The number of benzene rings is 2. The summed E-state index contributed by atoms with van der Waals surface area (Å²) >= 11 is 0. The molecule has 3 aliphatic heterocycles. The third kappa shape index (κ3) is 6.35. The lowest BCUT2D eigenvalue weighted by Gasteiger charge is -2.39. The van der Waals surface area contributed by atoms with Gasteiger partial charge in [-0.05, 0) is 101 Å². The first-order chi connectivity index (χ1) is 21.9. The number of fused-ring (bicyclic) bond motifs is 3. The molecule has 0 saturated carbocycles. The zero-order valence-electron chi connectivity index (χ0n) is 27.2. The van der Waals surface area contributed by atoms with Crippen molar-refractivity contribution in [3.63, 3.8) is 0 Å². The molecule has 10 nitrogen and oxygen atoms in total. The van der Waals surface area contributed by atoms with Crippen LogP contribution in [0.15, 0.2) is 48.2 Å². The standard InChI is InChI=1S/C36H45NO9/c1-23-8-5-9-24(16-23)21-43-30(38)20-36(41,13-6-11-34(2,3)40)33(39)46-32-29(42-4)19-35-12-7-14-37(35)15-10-25-17-27-28(45-22-44-27)18-26(25)31(32)35/h5,8-9,16-19,31-32,40-41H,6-7,10-15,20-22H2,1-4H3/t31-,32?,35?,36-/m1/s1. The molecular weight excluding hydrogens is 590 g/mol. The van der Waals surface area contributed by atoms with Gasteiger partial charge in [0.2, 0.25) is 6.79 Å². The highest BCUT2D eigenvalue weighted by molar-refractivity contribution is 5.86. The molecular formula is C36H45NO9. The number of rotatable bonds is 11. The maximum atomic E-state index is 14.2. The average molecular weight is 636 g/mol. The molecule has 1 aliphatic carbocycles. The first-order valence-corrected chi connectivity index (χ1v) is 16.2. The Labute approximate surface area is 270 Å². The van der Waals surface area contributed by atoms with Gasteiger partial charge in [0.25, 0.3) is 0 Å². The van der Waals surface area contributed by atoms with Gasteiger partial charge < -0.3 is 33.9 Å². The Balaban J connectivity index is 1.29. The lowest BCUT2D eigenvalue weighted by Crippen LogP contribution is -2.49. The minimum absolute atomic E-state index is 0.0157. The van der Waals surface area contributed by atoms with Crippen LogP contribution in [-0.4, -0.2) is 76.9 Å². The van der Waals surface area contributed by atoms with Gasteiger partial charge in [-0.1, -0.05) is 29.8 Å². The smallest absolute Gasteiger partial charge is 0.339 e. The van der Waals surface area contributed by atoms with E-state index in [4.69, 9.17) is 23.7 Å². The predicted molar refractivity (Wildman–Crippen MR) is 168 cm³/mol. The van der Waals surface area contributed by atoms with E-state index in [9.17, 15) is 19.8 Å². The van der Waals surface area contributed by atoms with E-state index in [2.05, 4.69) is 11.0 Å². The lowest BCUT2D eigenvalue weighted by molar-refractivity contribution is -0.179. The van der Waals surface area contributed by atoms with Crippen molar-refractivity contribution in [2.75, 3.05) is 27.0 Å². The molecule has 4 atom stereocenters. The van der Waals surface area contributed by atoms with Gasteiger partial charge in [0.1, 0.15) is 12.4 Å². The molecule has 3 heterocycles. The summed E-state index contributed by atoms with van der Waals surface area (Å²) < 4.78 is 29.1. The Morgan fingerprint density at radius 3 is 2.61 bits per heavy atom. The number of carbonyl (C=O) groups excluding carboxylic acids is 2. The number of hydrogen-bond acceptors (Lipinski definition) is 10. The highest BCUT2D eigenvalue weighted by atomic mass is 16.7. The van der Waals surface area contributed by atoms with Crippen LogP contribution in [0, 0.1) is 6.92 Å². The van der Waals surface area contributed by atoms with Crippen molar-refractivity contribution >= 4 is 11.9 Å². The van der Waals surface area contributed by atoms with Gasteiger partial charge in [-0.15, -0.1) is 0 Å². The van der Waals surface area contributed by atoms with E-state index < -0.39 is 41.2 Å². The summed E-state index contributed by atoms with van der Waals surface area (Å²) in [6.45, 7) is 7.17. The zero-order chi connectivity index (χ0) is 32.7. The van der Waals surface area contributed by atoms with Crippen molar-refractivity contribution in [1.82, 2.24) is 4.90 Å². The van der Waals surface area contributed by atoms with E-state index in [-0.39, 0.29) is 32.2 Å². The first-order valence-electron chi connectivity index (χ1n) is 16.2. The SMILES string of the molecule is COC1=CC23CCCN2CCc2cc4c(cc2[C@@H]3C1OC(=O)[C@@](O)(CCCC(C)(C)O)CC(=O)OCc1cccc(C)c1)OCO4. The monoisotopic (exact) mass is 635 g/mol. The van der Waals surface area contributed by atoms with Crippen LogP contribution in [0.25, 0.3) is 0 Å². The maximum Gasteiger partial charge on any atom is 0.339 e. The van der Waals surface area contributed by atoms with Crippen molar-refractivity contribution < 1.29 is 43.5 Å². The average Bonchev–Trinajstić information content (AvgIpc) is 3.69. The summed E-state index contributed by atoms with van der Waals surface area (Å²) in [4.78, 5) is 29.7. The fourth-order valence-corrected chi connectivity index (χ4v) is 7.65. The minimum Gasteiger partial charge on any atom is -0.497 e. The number of esters is 2. The largest absolute Gasteiger partial charge is 0.497 e. The van der Waals surface area contributed by atoms with Crippen LogP contribution in [0.3, 0.4) is 0 Å². The molecule has 1 spiro atoms. The molecule has 248 valence electrons. The summed E-state index contributed by atoms with van der Waals surface area (Å²) in [6.07, 6.45) is 3.80. The molecule has 2 aromatic carbocycles. The maximum absolute atomic E-state index is 14.2. The normalized spacial score (nSPS) is 24.6. The highest BCUT2D eigenvalue weighted by Crippen LogP contribution is 2.55. The molecule has 46 heavy (non-hydrogen) atoms.